The Morgan fingerprint density at radius 3 is 2.84 bits per heavy atom. The number of anilines is 1. The Labute approximate surface area is 150 Å². The number of nitrogens with one attached hydrogen (secondary N) is 1. The second kappa shape index (κ2) is 8.07. The van der Waals surface area contributed by atoms with Crippen molar-refractivity contribution in [2.24, 2.45) is 0 Å². The number of hydrogen-bond donors (Lipinski definition) is 2. The third kappa shape index (κ3) is 4.76. The van der Waals surface area contributed by atoms with E-state index < -0.39 is 12.1 Å². The Hall–Kier alpha value is -2.47. The van der Waals surface area contributed by atoms with Gasteiger partial charge in [0.15, 0.2) is 6.10 Å². The van der Waals surface area contributed by atoms with Crippen molar-refractivity contribution in [3.8, 4) is 5.75 Å². The summed E-state index contributed by atoms with van der Waals surface area (Å²) >= 11 is 1.56. The van der Waals surface area contributed by atoms with Gasteiger partial charge in [0.2, 0.25) is 0 Å². The molecule has 0 saturated heterocycles. The minimum Gasteiger partial charge on any atom is -0.481 e. The quantitative estimate of drug-likeness (QED) is 0.744. The lowest BCUT2D eigenvalue weighted by atomic mass is 10.1. The SMILES string of the molecule is O=C(O)CCSCc1cccc(NC(=O)C2Cc3ccccc3O2)c1. The van der Waals surface area contributed by atoms with E-state index in [-0.39, 0.29) is 12.3 Å². The molecule has 1 heterocycles. The first-order valence-corrected chi connectivity index (χ1v) is 9.21. The highest BCUT2D eigenvalue weighted by molar-refractivity contribution is 7.98. The molecular weight excluding hydrogens is 338 g/mol. The number of ether oxygens (including phenoxy) is 1. The standard InChI is InChI=1S/C19H19NO4S/c21-18(22)8-9-25-12-13-4-3-6-15(10-13)20-19(23)17-11-14-5-1-2-7-16(14)24-17/h1-7,10,17H,8-9,11-12H2,(H,20,23)(H,21,22). The molecule has 0 bridgehead atoms. The van der Waals surface area contributed by atoms with Crippen LogP contribution in [0.3, 0.4) is 0 Å². The zero-order valence-electron chi connectivity index (χ0n) is 13.6. The molecule has 0 spiro atoms. The lowest BCUT2D eigenvalue weighted by Crippen LogP contribution is -2.31. The minimum absolute atomic E-state index is 0.153. The van der Waals surface area contributed by atoms with Crippen molar-refractivity contribution in [2.75, 3.05) is 11.1 Å². The van der Waals surface area contributed by atoms with E-state index in [1.807, 2.05) is 48.5 Å². The fourth-order valence-electron chi connectivity index (χ4n) is 2.64. The van der Waals surface area contributed by atoms with Gasteiger partial charge in [0.05, 0.1) is 6.42 Å². The van der Waals surface area contributed by atoms with Crippen molar-refractivity contribution in [3.63, 3.8) is 0 Å². The zero-order valence-corrected chi connectivity index (χ0v) is 14.4. The minimum atomic E-state index is -0.786. The summed E-state index contributed by atoms with van der Waals surface area (Å²) < 4.78 is 5.70. The van der Waals surface area contributed by atoms with Gasteiger partial charge in [-0.1, -0.05) is 30.3 Å². The molecule has 130 valence electrons. The van der Waals surface area contributed by atoms with Gasteiger partial charge in [0.1, 0.15) is 5.75 Å². The number of carbonyl (C=O) groups is 2. The third-order valence-electron chi connectivity index (χ3n) is 3.86. The molecular formula is C19H19NO4S. The number of benzene rings is 2. The van der Waals surface area contributed by atoms with E-state index in [1.54, 1.807) is 11.8 Å². The summed E-state index contributed by atoms with van der Waals surface area (Å²) in [5.74, 6) is 1.10. The van der Waals surface area contributed by atoms with Gasteiger partial charge in [-0.25, -0.2) is 0 Å². The van der Waals surface area contributed by atoms with Crippen molar-refractivity contribution < 1.29 is 19.4 Å². The van der Waals surface area contributed by atoms with Gasteiger partial charge in [-0.15, -0.1) is 0 Å². The molecule has 0 aliphatic carbocycles. The monoisotopic (exact) mass is 357 g/mol. The number of thioether (sulfide) groups is 1. The van der Waals surface area contributed by atoms with E-state index in [1.165, 1.54) is 0 Å². The van der Waals surface area contributed by atoms with Crippen LogP contribution in [0.5, 0.6) is 5.75 Å². The summed E-state index contributed by atoms with van der Waals surface area (Å²) in [6.45, 7) is 0. The van der Waals surface area contributed by atoms with Gasteiger partial charge >= 0.3 is 5.97 Å². The van der Waals surface area contributed by atoms with Crippen molar-refractivity contribution in [3.05, 3.63) is 59.7 Å². The van der Waals surface area contributed by atoms with Crippen LogP contribution in [-0.4, -0.2) is 28.8 Å². The van der Waals surface area contributed by atoms with Crippen LogP contribution >= 0.6 is 11.8 Å². The van der Waals surface area contributed by atoms with Crippen LogP contribution in [0.1, 0.15) is 17.5 Å². The molecule has 3 rings (SSSR count). The number of fused-ring (bicyclic) bond motifs is 1. The second-order valence-corrected chi connectivity index (χ2v) is 6.91. The summed E-state index contributed by atoms with van der Waals surface area (Å²) in [6.07, 6.45) is 0.221. The van der Waals surface area contributed by atoms with Crippen molar-refractivity contribution in [1.82, 2.24) is 0 Å². The summed E-state index contributed by atoms with van der Waals surface area (Å²) in [5, 5.41) is 11.6. The molecule has 1 amide bonds. The van der Waals surface area contributed by atoms with Crippen LogP contribution in [0.4, 0.5) is 5.69 Å². The zero-order chi connectivity index (χ0) is 17.6. The fourth-order valence-corrected chi connectivity index (χ4v) is 3.52. The lowest BCUT2D eigenvalue weighted by molar-refractivity contribution is -0.136. The smallest absolute Gasteiger partial charge is 0.304 e. The Bertz CT molecular complexity index is 753. The molecule has 0 saturated carbocycles. The largest absolute Gasteiger partial charge is 0.481 e. The Kier molecular flexibility index (Phi) is 5.60. The van der Waals surface area contributed by atoms with Gasteiger partial charge in [-0.2, -0.15) is 11.8 Å². The number of carboxylic acids is 1. The molecule has 1 aliphatic heterocycles. The van der Waals surface area contributed by atoms with Gasteiger partial charge < -0.3 is 15.2 Å². The highest BCUT2D eigenvalue weighted by Gasteiger charge is 2.28. The molecule has 0 radical (unpaired) electrons. The maximum Gasteiger partial charge on any atom is 0.304 e. The summed E-state index contributed by atoms with van der Waals surface area (Å²) in [4.78, 5) is 22.9. The number of amides is 1. The molecule has 1 aliphatic rings. The summed E-state index contributed by atoms with van der Waals surface area (Å²) in [6, 6.07) is 15.3. The first kappa shape index (κ1) is 17.4. The predicted molar refractivity (Wildman–Crippen MR) is 98.0 cm³/mol. The number of hydrogen-bond acceptors (Lipinski definition) is 4. The first-order valence-electron chi connectivity index (χ1n) is 8.06. The van der Waals surface area contributed by atoms with E-state index in [9.17, 15) is 9.59 Å². The Morgan fingerprint density at radius 2 is 2.04 bits per heavy atom. The Morgan fingerprint density at radius 1 is 1.20 bits per heavy atom. The molecule has 5 nitrogen and oxygen atoms in total. The number of rotatable bonds is 7. The molecule has 1 atom stereocenters. The van der Waals surface area contributed by atoms with Crippen molar-refractivity contribution >= 4 is 29.3 Å². The van der Waals surface area contributed by atoms with Crippen LogP contribution in [0.2, 0.25) is 0 Å². The molecule has 0 aromatic heterocycles. The van der Waals surface area contributed by atoms with Crippen molar-refractivity contribution in [2.45, 2.75) is 24.7 Å². The Balaban J connectivity index is 1.54. The molecule has 2 N–H and O–H groups in total. The molecule has 0 fully saturated rings. The average molecular weight is 357 g/mol. The summed E-state index contributed by atoms with van der Waals surface area (Å²) in [5.41, 5.74) is 2.82. The van der Waals surface area contributed by atoms with E-state index in [2.05, 4.69) is 5.32 Å². The molecule has 1 unspecified atom stereocenters. The highest BCUT2D eigenvalue weighted by Crippen LogP contribution is 2.28. The number of carbonyl (C=O) groups excluding carboxylic acids is 1. The van der Waals surface area contributed by atoms with E-state index in [4.69, 9.17) is 9.84 Å². The summed E-state index contributed by atoms with van der Waals surface area (Å²) in [7, 11) is 0. The average Bonchev–Trinajstić information content (AvgIpc) is 3.03. The van der Waals surface area contributed by atoms with E-state index in [0.29, 0.717) is 17.9 Å². The van der Waals surface area contributed by atoms with Crippen LogP contribution < -0.4 is 10.1 Å². The van der Waals surface area contributed by atoms with Gasteiger partial charge in [0, 0.05) is 23.6 Å². The lowest BCUT2D eigenvalue weighted by Gasteiger charge is -2.12. The topological polar surface area (TPSA) is 75.6 Å². The molecule has 6 heteroatoms. The van der Waals surface area contributed by atoms with E-state index >= 15 is 0 Å². The van der Waals surface area contributed by atoms with Gasteiger partial charge in [0.25, 0.3) is 5.91 Å². The first-order chi connectivity index (χ1) is 12.1. The fraction of sp³-hybridized carbons (Fsp3) is 0.263. The molecule has 2 aromatic rings. The van der Waals surface area contributed by atoms with Crippen LogP contribution in [0.15, 0.2) is 48.5 Å². The normalized spacial score (nSPS) is 15.3. The van der Waals surface area contributed by atoms with Crippen molar-refractivity contribution in [1.29, 1.82) is 0 Å². The second-order valence-electron chi connectivity index (χ2n) is 5.80. The molecule has 25 heavy (non-hydrogen) atoms. The predicted octanol–water partition coefficient (Wildman–Crippen LogP) is 3.34. The number of aliphatic carboxylic acids is 1. The highest BCUT2D eigenvalue weighted by atomic mass is 32.2. The van der Waals surface area contributed by atoms with Gasteiger partial charge in [-0.3, -0.25) is 9.59 Å². The van der Waals surface area contributed by atoms with Gasteiger partial charge in [-0.05, 0) is 29.3 Å². The van der Waals surface area contributed by atoms with Crippen LogP contribution in [0, 0.1) is 0 Å². The van der Waals surface area contributed by atoms with Crippen LogP contribution in [0.25, 0.3) is 0 Å². The van der Waals surface area contributed by atoms with E-state index in [0.717, 1.165) is 22.6 Å². The number of carboxylic acid groups (broad SMARTS) is 1. The maximum absolute atomic E-state index is 12.4. The third-order valence-corrected chi connectivity index (χ3v) is 4.89. The number of para-hydroxylation sites is 1. The molecule has 2 aromatic carbocycles. The van der Waals surface area contributed by atoms with Crippen LogP contribution in [-0.2, 0) is 21.8 Å². The maximum atomic E-state index is 12.4.